The van der Waals surface area contributed by atoms with Crippen molar-refractivity contribution in [2.75, 3.05) is 6.61 Å². The van der Waals surface area contributed by atoms with Crippen LogP contribution in [0.4, 0.5) is 0 Å². The Labute approximate surface area is 482 Å². The predicted octanol–water partition coefficient (Wildman–Crippen LogP) is 15.1. The maximum Gasteiger partial charge on any atom is 0.331 e. The van der Waals surface area contributed by atoms with Crippen molar-refractivity contribution < 1.29 is 34.4 Å². The minimum atomic E-state index is -1.74. The molecule has 8 aliphatic carbocycles. The van der Waals surface area contributed by atoms with E-state index in [0.29, 0.717) is 67.6 Å². The van der Waals surface area contributed by atoms with E-state index in [9.17, 15) is 24.9 Å². The van der Waals surface area contributed by atoms with Crippen LogP contribution in [-0.4, -0.2) is 57.8 Å². The fourth-order valence-corrected chi connectivity index (χ4v) is 22.5. The topological polar surface area (TPSA) is 113 Å². The number of fused-ring (bicyclic) bond motifs is 8. The first-order chi connectivity index (χ1) is 39.2. The molecule has 14 rings (SSSR count). The summed E-state index contributed by atoms with van der Waals surface area (Å²) in [5.41, 5.74) is 4.16. The first-order valence-corrected chi connectivity index (χ1v) is 32.5. The Morgan fingerprint density at radius 1 is 0.778 bits per heavy atom. The van der Waals surface area contributed by atoms with Crippen LogP contribution in [0.25, 0.3) is 10.8 Å². The van der Waals surface area contributed by atoms with E-state index < -0.39 is 46.1 Å². The molecule has 16 atom stereocenters. The number of rotatable bonds is 13. The van der Waals surface area contributed by atoms with Crippen molar-refractivity contribution in [2.45, 2.75) is 228 Å². The van der Waals surface area contributed by atoms with Crippen LogP contribution < -0.4 is 0 Å². The number of aryl methyl sites for hydroxylation is 1. The van der Waals surface area contributed by atoms with Gasteiger partial charge in [-0.05, 0) is 212 Å². The van der Waals surface area contributed by atoms with Gasteiger partial charge in [-0.2, -0.15) is 0 Å². The molecule has 428 valence electrons. The van der Waals surface area contributed by atoms with E-state index in [1.807, 2.05) is 6.92 Å². The highest BCUT2D eigenvalue weighted by Gasteiger charge is 2.79. The van der Waals surface area contributed by atoms with Crippen LogP contribution in [0.5, 0.6) is 0 Å². The summed E-state index contributed by atoms with van der Waals surface area (Å²) in [6.45, 7) is 6.92. The molecule has 6 fully saturated rings. The van der Waals surface area contributed by atoms with Gasteiger partial charge in [0.05, 0.1) is 35.1 Å². The average Bonchev–Trinajstić information content (AvgIpc) is 1.93. The molecular formula is C74H90O7. The van der Waals surface area contributed by atoms with Crippen molar-refractivity contribution >= 4 is 22.7 Å². The molecule has 4 aromatic carbocycles. The molecule has 7 heteroatoms. The summed E-state index contributed by atoms with van der Waals surface area (Å²) in [5, 5.41) is 45.0. The molecule has 0 radical (unpaired) electrons. The third kappa shape index (κ3) is 8.10. The Bertz CT molecular complexity index is 3170. The molecule has 3 N–H and O–H groups in total. The van der Waals surface area contributed by atoms with Gasteiger partial charge in [-0.25, -0.2) is 4.79 Å². The zero-order chi connectivity index (χ0) is 55.6. The van der Waals surface area contributed by atoms with Crippen LogP contribution in [0.2, 0.25) is 0 Å². The van der Waals surface area contributed by atoms with Crippen LogP contribution in [0.3, 0.4) is 0 Å². The van der Waals surface area contributed by atoms with E-state index in [1.54, 1.807) is 33.7 Å². The lowest BCUT2D eigenvalue weighted by Crippen LogP contribution is -2.79. The number of cyclic esters (lactones) is 1. The second kappa shape index (κ2) is 20.2. The molecule has 2 bridgehead atoms. The van der Waals surface area contributed by atoms with Crippen molar-refractivity contribution in [2.24, 2.45) is 50.7 Å². The molecule has 0 aromatic heterocycles. The molecule has 6 saturated carbocycles. The van der Waals surface area contributed by atoms with Crippen molar-refractivity contribution in [3.8, 4) is 11.8 Å². The largest absolute Gasteiger partial charge is 0.462 e. The summed E-state index contributed by atoms with van der Waals surface area (Å²) < 4.78 is 12.4. The molecule has 2 heterocycles. The fourth-order valence-electron chi connectivity index (χ4n) is 22.5. The summed E-state index contributed by atoms with van der Waals surface area (Å²) in [6.07, 6.45) is 21.3. The smallest absolute Gasteiger partial charge is 0.331 e. The molecule has 4 aromatic rings. The maximum atomic E-state index is 14.7. The Hall–Kier alpha value is -4.74. The van der Waals surface area contributed by atoms with Crippen molar-refractivity contribution in [3.63, 3.8) is 0 Å². The lowest BCUT2D eigenvalue weighted by molar-refractivity contribution is -0.339. The summed E-state index contributed by atoms with van der Waals surface area (Å²) >= 11 is 0. The van der Waals surface area contributed by atoms with E-state index in [2.05, 4.69) is 117 Å². The number of hydrogen-bond donors (Lipinski definition) is 3. The molecule has 7 nitrogen and oxygen atoms in total. The quantitative estimate of drug-likeness (QED) is 0.0903. The van der Waals surface area contributed by atoms with Crippen molar-refractivity contribution in [3.05, 3.63) is 130 Å². The highest BCUT2D eigenvalue weighted by Crippen LogP contribution is 2.81. The molecule has 0 amide bonds. The Balaban J connectivity index is 0.899. The highest BCUT2D eigenvalue weighted by atomic mass is 16.5. The summed E-state index contributed by atoms with van der Waals surface area (Å²) in [7, 11) is 0. The van der Waals surface area contributed by atoms with Gasteiger partial charge < -0.3 is 24.8 Å². The van der Waals surface area contributed by atoms with Crippen LogP contribution in [0, 0.1) is 62.6 Å². The predicted molar refractivity (Wildman–Crippen MR) is 318 cm³/mol. The minimum absolute atomic E-state index is 0.0899. The SMILES string of the molecule is C[C@H](CCCc1ccccc1)CC[C@H](O)[C@]12[C@@H](O)CC[C@@](C)([C@H]3CC[C@]45CC6(CCCC6)[C@H]6C[C@]7(c8ccccc8)CCCC[C@H]7c7ccc8cccc(c8c7[C@H]64)[C@@H]5C3)[C@@H]1[C@H]1C[C@](C)(C#CCCC(=O)O1)[C@]2(O)CCC1=CC(=O)OC1. The highest BCUT2D eigenvalue weighted by molar-refractivity contribution is 5.93. The summed E-state index contributed by atoms with van der Waals surface area (Å²) in [6, 6.07) is 34.9. The van der Waals surface area contributed by atoms with E-state index in [4.69, 9.17) is 9.47 Å². The van der Waals surface area contributed by atoms with E-state index in [-0.39, 0.29) is 54.1 Å². The zero-order valence-electron chi connectivity index (χ0n) is 48.9. The lowest BCUT2D eigenvalue weighted by Gasteiger charge is -2.72. The first-order valence-electron chi connectivity index (χ1n) is 32.5. The normalized spacial score (nSPS) is 39.5. The second-order valence-corrected chi connectivity index (χ2v) is 29.3. The van der Waals surface area contributed by atoms with Gasteiger partial charge in [0.2, 0.25) is 0 Å². The van der Waals surface area contributed by atoms with Crippen LogP contribution in [0.15, 0.2) is 103 Å². The fraction of sp³-hybridized carbons (Fsp3) is 0.622. The van der Waals surface area contributed by atoms with Crippen LogP contribution in [0.1, 0.15) is 220 Å². The molecule has 0 saturated heterocycles. The number of hydrogen-bond acceptors (Lipinski definition) is 7. The molecular weight excluding hydrogens is 1000 g/mol. The van der Waals surface area contributed by atoms with E-state index in [1.165, 1.54) is 75.2 Å². The number of carbonyl (C=O) groups is 2. The van der Waals surface area contributed by atoms with Gasteiger partial charge >= 0.3 is 11.9 Å². The molecule has 81 heavy (non-hydrogen) atoms. The van der Waals surface area contributed by atoms with Gasteiger partial charge in [-0.15, -0.1) is 5.92 Å². The molecule has 10 aliphatic rings. The first kappa shape index (κ1) is 54.2. The van der Waals surface area contributed by atoms with Gasteiger partial charge in [-0.3, -0.25) is 4.79 Å². The minimum Gasteiger partial charge on any atom is -0.462 e. The summed E-state index contributed by atoms with van der Waals surface area (Å²) in [4.78, 5) is 27.0. The Kier molecular flexibility index (Phi) is 13.5. The number of aliphatic hydroxyl groups is 3. The third-order valence-electron chi connectivity index (χ3n) is 25.8. The van der Waals surface area contributed by atoms with E-state index >= 15 is 0 Å². The van der Waals surface area contributed by atoms with Crippen LogP contribution >= 0.6 is 0 Å². The Morgan fingerprint density at radius 3 is 2.36 bits per heavy atom. The number of aliphatic hydroxyl groups excluding tert-OH is 2. The summed E-state index contributed by atoms with van der Waals surface area (Å²) in [5.74, 6) is 8.05. The van der Waals surface area contributed by atoms with E-state index in [0.717, 1.165) is 50.5 Å². The van der Waals surface area contributed by atoms with Gasteiger partial charge in [0.1, 0.15) is 12.7 Å². The van der Waals surface area contributed by atoms with Gasteiger partial charge in [-0.1, -0.05) is 143 Å². The van der Waals surface area contributed by atoms with Crippen molar-refractivity contribution in [1.29, 1.82) is 0 Å². The average molecular weight is 1090 g/mol. The number of carbonyl (C=O) groups excluding carboxylic acids is 2. The zero-order valence-corrected chi connectivity index (χ0v) is 48.9. The van der Waals surface area contributed by atoms with Gasteiger partial charge in [0, 0.05) is 30.3 Å². The molecule has 2 spiro atoms. The molecule has 2 aliphatic heterocycles. The van der Waals surface area contributed by atoms with Crippen LogP contribution in [-0.2, 0) is 30.9 Å². The van der Waals surface area contributed by atoms with Gasteiger partial charge in [0.25, 0.3) is 0 Å². The maximum absolute atomic E-state index is 14.7. The third-order valence-corrected chi connectivity index (χ3v) is 25.8. The number of benzene rings is 4. The van der Waals surface area contributed by atoms with Crippen molar-refractivity contribution in [1.82, 2.24) is 0 Å². The number of ether oxygens (including phenoxy) is 2. The molecule has 0 unspecified atom stereocenters. The van der Waals surface area contributed by atoms with Gasteiger partial charge in [0.15, 0.2) is 0 Å². The second-order valence-electron chi connectivity index (χ2n) is 29.3. The Morgan fingerprint density at radius 2 is 1.57 bits per heavy atom. The standard InChI is InChI=1S/C74H90O7/c1-48(18-16-21-49-19-6-4-7-20-49)28-31-60(75)74-61(76)34-39-69(3,67(74)59-45-68(2,35-12-11-27-62(77)81-59)73(74,79)41-32-50-42-63(78)80-46-50)53-33-40-72-47-70(36-14-15-37-70)58-44-71(52-23-8-5-9-24-52)38-13-10-26-56(71)55-30-29-51-22-17-25-54(57(72)43-53)64(51)65(55)66(58)72/h4-9,17,19-20,22-25,29-30,42,48,53,56-61,66-67,75-76,79H,10-11,13-16,18,21,26-28,31-34,36-41,43-47H2,1-3H3/t48-,53+,56+,57+,58+,59-,60+,61+,66+,67+,68+,69+,71+,72-,73-,74+/m1/s1. The number of esters is 2. The lowest BCUT2D eigenvalue weighted by atomic mass is 9.34. The monoisotopic (exact) mass is 1090 g/mol.